The van der Waals surface area contributed by atoms with Crippen LogP contribution in [0.1, 0.15) is 24.8 Å². The molecular formula is C18H28BrIN4O. The molecular weight excluding hydrogens is 495 g/mol. The van der Waals surface area contributed by atoms with E-state index in [1.807, 2.05) is 19.2 Å². The highest BCUT2D eigenvalue weighted by molar-refractivity contribution is 14.0. The first-order valence-electron chi connectivity index (χ1n) is 8.73. The molecule has 2 aliphatic rings. The summed E-state index contributed by atoms with van der Waals surface area (Å²) < 4.78 is 6.52. The Morgan fingerprint density at radius 3 is 2.76 bits per heavy atom. The number of halogens is 2. The Balaban J connectivity index is 0.00000225. The van der Waals surface area contributed by atoms with Crippen LogP contribution in [0.4, 0.5) is 0 Å². The first-order valence-corrected chi connectivity index (χ1v) is 9.52. The average Bonchev–Trinajstić information content (AvgIpc) is 3.27. The van der Waals surface area contributed by atoms with Gasteiger partial charge in [-0.15, -0.1) is 24.0 Å². The third-order valence-corrected chi connectivity index (χ3v) is 5.50. The molecule has 0 radical (unpaired) electrons. The van der Waals surface area contributed by atoms with Crippen molar-refractivity contribution in [3.63, 3.8) is 0 Å². The summed E-state index contributed by atoms with van der Waals surface area (Å²) in [5.74, 6) is 1.89. The summed E-state index contributed by atoms with van der Waals surface area (Å²) >= 11 is 3.53. The Morgan fingerprint density at radius 1 is 1.32 bits per heavy atom. The fraction of sp³-hybridized carbons (Fsp3) is 0.611. The highest BCUT2D eigenvalue weighted by Gasteiger charge is 2.30. The van der Waals surface area contributed by atoms with Gasteiger partial charge in [-0.1, -0.05) is 15.9 Å². The summed E-state index contributed by atoms with van der Waals surface area (Å²) in [5.41, 5.74) is 1.13. The number of guanidine groups is 1. The summed E-state index contributed by atoms with van der Waals surface area (Å²) in [7, 11) is 3.58. The lowest BCUT2D eigenvalue weighted by Gasteiger charge is -2.25. The number of methoxy groups -OCH3 is 1. The number of benzene rings is 1. The zero-order valence-corrected chi connectivity index (χ0v) is 18.9. The second-order valence-electron chi connectivity index (χ2n) is 6.49. The van der Waals surface area contributed by atoms with Crippen LogP contribution in [0.15, 0.2) is 27.7 Å². The number of ether oxygens (including phenoxy) is 1. The van der Waals surface area contributed by atoms with Crippen molar-refractivity contribution in [3.05, 3.63) is 28.2 Å². The zero-order chi connectivity index (χ0) is 16.9. The van der Waals surface area contributed by atoms with E-state index in [1.54, 1.807) is 7.11 Å². The van der Waals surface area contributed by atoms with Crippen LogP contribution < -0.4 is 10.1 Å². The third-order valence-electron chi connectivity index (χ3n) is 5.01. The summed E-state index contributed by atoms with van der Waals surface area (Å²) in [6, 6.07) is 6.77. The van der Waals surface area contributed by atoms with Crippen LogP contribution in [-0.2, 0) is 6.54 Å². The molecule has 1 N–H and O–H groups in total. The van der Waals surface area contributed by atoms with Crippen LogP contribution in [0, 0.1) is 0 Å². The van der Waals surface area contributed by atoms with Gasteiger partial charge in [0.05, 0.1) is 7.11 Å². The minimum Gasteiger partial charge on any atom is -0.496 e. The lowest BCUT2D eigenvalue weighted by atomic mass is 10.2. The molecule has 25 heavy (non-hydrogen) atoms. The van der Waals surface area contributed by atoms with Gasteiger partial charge in [-0.2, -0.15) is 0 Å². The van der Waals surface area contributed by atoms with Crippen LogP contribution in [0.25, 0.3) is 0 Å². The molecule has 140 valence electrons. The standard InChI is InChI=1S/C18H27BrN4O.HI/c1-20-18(21-12-14-11-15(19)5-6-17(14)24-2)23-10-7-16(13-23)22-8-3-4-9-22;/h5-6,11,16H,3-4,7-10,12-13H2,1-2H3,(H,20,21);1H. The number of hydrogen-bond acceptors (Lipinski definition) is 3. The lowest BCUT2D eigenvalue weighted by molar-refractivity contribution is 0.249. The minimum atomic E-state index is 0. The molecule has 5 nitrogen and oxygen atoms in total. The first kappa shape index (κ1) is 20.8. The molecule has 1 aromatic carbocycles. The topological polar surface area (TPSA) is 40.1 Å². The van der Waals surface area contributed by atoms with E-state index >= 15 is 0 Å². The number of likely N-dealkylation sites (tertiary alicyclic amines) is 2. The van der Waals surface area contributed by atoms with Crippen molar-refractivity contribution in [1.29, 1.82) is 0 Å². The molecule has 2 aliphatic heterocycles. The Kier molecular flexibility index (Phi) is 8.28. The minimum absolute atomic E-state index is 0. The van der Waals surface area contributed by atoms with Crippen LogP contribution in [0.3, 0.4) is 0 Å². The largest absolute Gasteiger partial charge is 0.496 e. The number of hydrogen-bond donors (Lipinski definition) is 1. The predicted octanol–water partition coefficient (Wildman–Crippen LogP) is 3.32. The number of rotatable bonds is 4. The van der Waals surface area contributed by atoms with E-state index < -0.39 is 0 Å². The van der Waals surface area contributed by atoms with Gasteiger partial charge in [-0.3, -0.25) is 9.89 Å². The molecule has 2 fully saturated rings. The number of nitrogens with one attached hydrogen (secondary N) is 1. The SMILES string of the molecule is CN=C(NCc1cc(Br)ccc1OC)N1CCC(N2CCCC2)C1.I. The summed E-state index contributed by atoms with van der Waals surface area (Å²) in [6.07, 6.45) is 3.94. The Morgan fingerprint density at radius 2 is 2.08 bits per heavy atom. The Bertz CT molecular complexity index is 592. The van der Waals surface area contributed by atoms with Gasteiger partial charge in [0.1, 0.15) is 5.75 Å². The molecule has 1 atom stereocenters. The maximum atomic E-state index is 5.46. The van der Waals surface area contributed by atoms with Gasteiger partial charge >= 0.3 is 0 Å². The molecule has 2 heterocycles. The highest BCUT2D eigenvalue weighted by Crippen LogP contribution is 2.23. The van der Waals surface area contributed by atoms with Gasteiger partial charge in [0.25, 0.3) is 0 Å². The van der Waals surface area contributed by atoms with Gasteiger partial charge in [0.15, 0.2) is 5.96 Å². The maximum absolute atomic E-state index is 5.46. The molecule has 7 heteroatoms. The molecule has 2 saturated heterocycles. The first-order chi connectivity index (χ1) is 11.7. The average molecular weight is 523 g/mol. The summed E-state index contributed by atoms with van der Waals surface area (Å²) in [6.45, 7) is 5.39. The highest BCUT2D eigenvalue weighted by atomic mass is 127. The van der Waals surface area contributed by atoms with Crippen molar-refractivity contribution in [2.45, 2.75) is 31.8 Å². The molecule has 0 aromatic heterocycles. The number of nitrogens with zero attached hydrogens (tertiary/aromatic N) is 3. The molecule has 0 aliphatic carbocycles. The molecule has 0 saturated carbocycles. The third kappa shape index (κ3) is 5.23. The fourth-order valence-corrected chi connectivity index (χ4v) is 4.14. The van der Waals surface area contributed by atoms with E-state index in [0.717, 1.165) is 34.8 Å². The second-order valence-corrected chi connectivity index (χ2v) is 7.40. The Hall–Kier alpha value is -0.540. The van der Waals surface area contributed by atoms with Gasteiger partial charge in [-0.25, -0.2) is 0 Å². The molecule has 1 aromatic rings. The monoisotopic (exact) mass is 522 g/mol. The smallest absolute Gasteiger partial charge is 0.193 e. The van der Waals surface area contributed by atoms with Gasteiger partial charge in [0.2, 0.25) is 0 Å². The van der Waals surface area contributed by atoms with Crippen LogP contribution in [-0.4, -0.2) is 62.1 Å². The van der Waals surface area contributed by atoms with Gasteiger partial charge in [0, 0.05) is 42.8 Å². The van der Waals surface area contributed by atoms with Crippen molar-refractivity contribution in [2.75, 3.05) is 40.3 Å². The molecule has 0 spiro atoms. The van der Waals surface area contributed by atoms with Crippen LogP contribution >= 0.6 is 39.9 Å². The molecule has 0 amide bonds. The Labute approximate surface area is 176 Å². The summed E-state index contributed by atoms with van der Waals surface area (Å²) in [4.78, 5) is 9.51. The second kappa shape index (κ2) is 9.97. The quantitative estimate of drug-likeness (QED) is 0.374. The van der Waals surface area contributed by atoms with E-state index in [1.165, 1.54) is 32.4 Å². The normalized spacial score (nSPS) is 21.3. The van der Waals surface area contributed by atoms with E-state index in [-0.39, 0.29) is 24.0 Å². The van der Waals surface area contributed by atoms with Crippen LogP contribution in [0.5, 0.6) is 5.75 Å². The predicted molar refractivity (Wildman–Crippen MR) is 117 cm³/mol. The van der Waals surface area contributed by atoms with Crippen molar-refractivity contribution in [1.82, 2.24) is 15.1 Å². The van der Waals surface area contributed by atoms with Crippen molar-refractivity contribution < 1.29 is 4.74 Å². The number of aliphatic imine (C=N–C) groups is 1. The maximum Gasteiger partial charge on any atom is 0.193 e. The van der Waals surface area contributed by atoms with E-state index in [2.05, 4.69) is 42.1 Å². The van der Waals surface area contributed by atoms with E-state index in [9.17, 15) is 0 Å². The van der Waals surface area contributed by atoms with Gasteiger partial charge in [-0.05, 0) is 50.6 Å². The molecule has 1 unspecified atom stereocenters. The molecule has 0 bridgehead atoms. The summed E-state index contributed by atoms with van der Waals surface area (Å²) in [5, 5.41) is 3.50. The van der Waals surface area contributed by atoms with Crippen molar-refractivity contribution >= 4 is 45.9 Å². The zero-order valence-electron chi connectivity index (χ0n) is 15.0. The van der Waals surface area contributed by atoms with Crippen LogP contribution in [0.2, 0.25) is 0 Å². The fourth-order valence-electron chi connectivity index (χ4n) is 3.73. The van der Waals surface area contributed by atoms with Gasteiger partial charge < -0.3 is 15.0 Å². The van der Waals surface area contributed by atoms with Crippen molar-refractivity contribution in [3.8, 4) is 5.75 Å². The van der Waals surface area contributed by atoms with E-state index in [4.69, 9.17) is 4.74 Å². The lowest BCUT2D eigenvalue weighted by Crippen LogP contribution is -2.42. The molecule has 3 rings (SSSR count). The van der Waals surface area contributed by atoms with Crippen molar-refractivity contribution in [2.24, 2.45) is 4.99 Å². The van der Waals surface area contributed by atoms with E-state index in [0.29, 0.717) is 12.6 Å².